The van der Waals surface area contributed by atoms with Gasteiger partial charge in [0.2, 0.25) is 10.0 Å². The fourth-order valence-corrected chi connectivity index (χ4v) is 4.23. The standard InChI is InChI=1S/C19H22N4O4S/c1-22-11-13-23(14-12-22)28(26,27)17-9-7-16(8-10-17)19(25)21-20-18(24)15-5-3-2-4-6-15/h2-10H,11-14H2,1H3,(H,20,24)(H,21,25). The molecule has 0 atom stereocenters. The number of amides is 2. The highest BCUT2D eigenvalue weighted by molar-refractivity contribution is 7.89. The van der Waals surface area contributed by atoms with Crippen molar-refractivity contribution in [3.05, 3.63) is 65.7 Å². The van der Waals surface area contributed by atoms with E-state index in [1.54, 1.807) is 30.3 Å². The van der Waals surface area contributed by atoms with Gasteiger partial charge >= 0.3 is 0 Å². The summed E-state index contributed by atoms with van der Waals surface area (Å²) in [6.07, 6.45) is 0. The van der Waals surface area contributed by atoms with E-state index < -0.39 is 21.8 Å². The Morgan fingerprint density at radius 3 is 1.82 bits per heavy atom. The van der Waals surface area contributed by atoms with E-state index in [1.807, 2.05) is 7.05 Å². The third-order valence-corrected chi connectivity index (χ3v) is 6.45. The predicted molar refractivity (Wildman–Crippen MR) is 104 cm³/mol. The molecule has 148 valence electrons. The van der Waals surface area contributed by atoms with Crippen LogP contribution in [0.5, 0.6) is 0 Å². The number of benzene rings is 2. The van der Waals surface area contributed by atoms with Crippen molar-refractivity contribution in [2.75, 3.05) is 33.2 Å². The molecule has 0 aromatic heterocycles. The van der Waals surface area contributed by atoms with Crippen molar-refractivity contribution in [2.24, 2.45) is 0 Å². The zero-order valence-corrected chi connectivity index (χ0v) is 16.3. The minimum absolute atomic E-state index is 0.141. The maximum absolute atomic E-state index is 12.7. The Labute approximate surface area is 164 Å². The molecule has 0 bridgehead atoms. The fraction of sp³-hybridized carbons (Fsp3) is 0.263. The van der Waals surface area contributed by atoms with Gasteiger partial charge in [-0.1, -0.05) is 18.2 Å². The van der Waals surface area contributed by atoms with Gasteiger partial charge in [-0.25, -0.2) is 8.42 Å². The lowest BCUT2D eigenvalue weighted by atomic mass is 10.2. The Bertz CT molecular complexity index is 938. The highest BCUT2D eigenvalue weighted by atomic mass is 32.2. The molecule has 1 aliphatic heterocycles. The first-order valence-electron chi connectivity index (χ1n) is 8.82. The second-order valence-electron chi connectivity index (χ2n) is 6.51. The highest BCUT2D eigenvalue weighted by Gasteiger charge is 2.27. The van der Waals surface area contributed by atoms with Crippen LogP contribution >= 0.6 is 0 Å². The second-order valence-corrected chi connectivity index (χ2v) is 8.44. The van der Waals surface area contributed by atoms with Gasteiger partial charge in [-0.05, 0) is 43.4 Å². The molecule has 2 aromatic carbocycles. The van der Waals surface area contributed by atoms with Crippen LogP contribution in [0.2, 0.25) is 0 Å². The van der Waals surface area contributed by atoms with E-state index in [4.69, 9.17) is 0 Å². The quantitative estimate of drug-likeness (QED) is 0.734. The predicted octanol–water partition coefficient (Wildman–Crippen LogP) is 0.698. The lowest BCUT2D eigenvalue weighted by Gasteiger charge is -2.31. The Morgan fingerprint density at radius 2 is 1.29 bits per heavy atom. The summed E-state index contributed by atoms with van der Waals surface area (Å²) in [5.41, 5.74) is 5.30. The van der Waals surface area contributed by atoms with Crippen LogP contribution in [0.25, 0.3) is 0 Å². The molecule has 1 heterocycles. The average Bonchev–Trinajstić information content (AvgIpc) is 2.73. The number of rotatable bonds is 4. The number of piperazine rings is 1. The van der Waals surface area contributed by atoms with E-state index >= 15 is 0 Å². The molecule has 0 aliphatic carbocycles. The number of nitrogens with zero attached hydrogens (tertiary/aromatic N) is 2. The third kappa shape index (κ3) is 4.56. The van der Waals surface area contributed by atoms with Crippen molar-refractivity contribution in [3.63, 3.8) is 0 Å². The minimum atomic E-state index is -3.58. The van der Waals surface area contributed by atoms with Gasteiger partial charge in [-0.2, -0.15) is 4.31 Å². The molecule has 0 spiro atoms. The van der Waals surface area contributed by atoms with Gasteiger partial charge in [0.25, 0.3) is 11.8 Å². The van der Waals surface area contributed by atoms with Gasteiger partial charge in [0.05, 0.1) is 4.90 Å². The molecule has 0 unspecified atom stereocenters. The monoisotopic (exact) mass is 402 g/mol. The normalized spacial score (nSPS) is 15.8. The number of hydrogen-bond donors (Lipinski definition) is 2. The van der Waals surface area contributed by atoms with Crippen LogP contribution in [0.3, 0.4) is 0 Å². The van der Waals surface area contributed by atoms with E-state index in [0.717, 1.165) is 0 Å². The molecule has 28 heavy (non-hydrogen) atoms. The van der Waals surface area contributed by atoms with Crippen LogP contribution in [0.15, 0.2) is 59.5 Å². The average molecular weight is 402 g/mol. The van der Waals surface area contributed by atoms with Gasteiger partial charge in [-0.15, -0.1) is 0 Å². The SMILES string of the molecule is CN1CCN(S(=O)(=O)c2ccc(C(=O)NNC(=O)c3ccccc3)cc2)CC1. The summed E-state index contributed by atoms with van der Waals surface area (Å²) in [6, 6.07) is 14.1. The number of nitrogens with one attached hydrogen (secondary N) is 2. The van der Waals surface area contributed by atoms with E-state index in [2.05, 4.69) is 15.8 Å². The van der Waals surface area contributed by atoms with Crippen LogP contribution in [-0.4, -0.2) is 62.7 Å². The molecule has 2 aromatic rings. The van der Waals surface area contributed by atoms with Crippen molar-refractivity contribution in [1.29, 1.82) is 0 Å². The summed E-state index contributed by atoms with van der Waals surface area (Å²) >= 11 is 0. The number of sulfonamides is 1. The van der Waals surface area contributed by atoms with Crippen LogP contribution in [0, 0.1) is 0 Å². The van der Waals surface area contributed by atoms with Crippen molar-refractivity contribution in [1.82, 2.24) is 20.1 Å². The zero-order chi connectivity index (χ0) is 20.1. The Kier molecular flexibility index (Phi) is 6.08. The van der Waals surface area contributed by atoms with E-state index in [-0.39, 0.29) is 10.5 Å². The van der Waals surface area contributed by atoms with Crippen molar-refractivity contribution < 1.29 is 18.0 Å². The smallest absolute Gasteiger partial charge is 0.269 e. The summed E-state index contributed by atoms with van der Waals surface area (Å²) < 4.78 is 26.8. The number of carbonyl (C=O) groups excluding carboxylic acids is 2. The Morgan fingerprint density at radius 1 is 0.786 bits per heavy atom. The van der Waals surface area contributed by atoms with Crippen LogP contribution < -0.4 is 10.9 Å². The molecule has 1 fully saturated rings. The summed E-state index contributed by atoms with van der Waals surface area (Å²) in [7, 11) is -1.63. The number of hydrazine groups is 1. The van der Waals surface area contributed by atoms with Crippen LogP contribution in [-0.2, 0) is 10.0 Å². The summed E-state index contributed by atoms with van der Waals surface area (Å²) in [4.78, 5) is 26.4. The Hall–Kier alpha value is -2.75. The topological polar surface area (TPSA) is 98.8 Å². The molecule has 8 nitrogen and oxygen atoms in total. The summed E-state index contributed by atoms with van der Waals surface area (Å²) in [5, 5.41) is 0. The zero-order valence-electron chi connectivity index (χ0n) is 15.5. The molecule has 2 N–H and O–H groups in total. The summed E-state index contributed by atoms with van der Waals surface area (Å²) in [6.45, 7) is 2.24. The van der Waals surface area contributed by atoms with Gasteiger partial charge in [-0.3, -0.25) is 20.4 Å². The highest BCUT2D eigenvalue weighted by Crippen LogP contribution is 2.18. The van der Waals surface area contributed by atoms with Gasteiger partial charge in [0.1, 0.15) is 0 Å². The first kappa shape index (κ1) is 20.0. The lowest BCUT2D eigenvalue weighted by Crippen LogP contribution is -2.47. The van der Waals surface area contributed by atoms with Crippen molar-refractivity contribution in [3.8, 4) is 0 Å². The van der Waals surface area contributed by atoms with Crippen molar-refractivity contribution in [2.45, 2.75) is 4.90 Å². The van der Waals surface area contributed by atoms with E-state index in [1.165, 1.54) is 28.6 Å². The lowest BCUT2D eigenvalue weighted by molar-refractivity contribution is 0.0846. The largest absolute Gasteiger partial charge is 0.304 e. The number of hydrogen-bond acceptors (Lipinski definition) is 5. The molecular weight excluding hydrogens is 380 g/mol. The molecule has 9 heteroatoms. The molecule has 2 amide bonds. The fourth-order valence-electron chi connectivity index (χ4n) is 2.80. The summed E-state index contributed by atoms with van der Waals surface area (Å²) in [5.74, 6) is -0.976. The Balaban J connectivity index is 1.62. The maximum Gasteiger partial charge on any atom is 0.269 e. The first-order valence-corrected chi connectivity index (χ1v) is 10.3. The maximum atomic E-state index is 12.7. The molecule has 1 saturated heterocycles. The first-order chi connectivity index (χ1) is 13.4. The van der Waals surface area contributed by atoms with Crippen LogP contribution in [0.1, 0.15) is 20.7 Å². The van der Waals surface area contributed by atoms with E-state index in [9.17, 15) is 18.0 Å². The second kappa shape index (κ2) is 8.51. The third-order valence-electron chi connectivity index (χ3n) is 4.54. The molecular formula is C19H22N4O4S. The molecule has 0 radical (unpaired) electrons. The van der Waals surface area contributed by atoms with Gasteiger partial charge in [0.15, 0.2) is 0 Å². The van der Waals surface area contributed by atoms with Gasteiger partial charge in [0, 0.05) is 37.3 Å². The molecule has 0 saturated carbocycles. The molecule has 1 aliphatic rings. The van der Waals surface area contributed by atoms with Crippen molar-refractivity contribution >= 4 is 21.8 Å². The van der Waals surface area contributed by atoms with Crippen LogP contribution in [0.4, 0.5) is 0 Å². The number of likely N-dealkylation sites (N-methyl/N-ethyl adjacent to an activating group) is 1. The molecule has 3 rings (SSSR count). The minimum Gasteiger partial charge on any atom is -0.304 e. The van der Waals surface area contributed by atoms with Gasteiger partial charge < -0.3 is 4.90 Å². The van der Waals surface area contributed by atoms with E-state index in [0.29, 0.717) is 31.7 Å². The number of carbonyl (C=O) groups is 2.